The van der Waals surface area contributed by atoms with Crippen molar-refractivity contribution in [1.82, 2.24) is 15.3 Å². The summed E-state index contributed by atoms with van der Waals surface area (Å²) in [5.74, 6) is 3.24. The van der Waals surface area contributed by atoms with Crippen LogP contribution >= 0.6 is 27.5 Å². The molecule has 1 aromatic heterocycles. The van der Waals surface area contributed by atoms with E-state index in [1.54, 1.807) is 19.2 Å². The molecule has 0 radical (unpaired) electrons. The summed E-state index contributed by atoms with van der Waals surface area (Å²) in [6.45, 7) is 2.91. The van der Waals surface area contributed by atoms with Gasteiger partial charge in [0, 0.05) is 15.9 Å². The largest absolute Gasteiger partial charge is 0.493 e. The van der Waals surface area contributed by atoms with Crippen LogP contribution in [0.25, 0.3) is 10.9 Å². The Morgan fingerprint density at radius 1 is 1.19 bits per heavy atom. The SMILES string of the molecule is COc1cc2c(Nc3ccc(Br)c(Cl)c3F)ncnc2cc1OCC1C[C@H]2CNC[C@H]2C1. The van der Waals surface area contributed by atoms with Gasteiger partial charge >= 0.3 is 0 Å². The van der Waals surface area contributed by atoms with E-state index in [0.717, 1.165) is 24.9 Å². The van der Waals surface area contributed by atoms with Crippen LogP contribution in [0, 0.1) is 23.6 Å². The van der Waals surface area contributed by atoms with E-state index in [9.17, 15) is 4.39 Å². The van der Waals surface area contributed by atoms with Crippen molar-refractivity contribution in [3.8, 4) is 11.5 Å². The van der Waals surface area contributed by atoms with E-state index < -0.39 is 5.82 Å². The molecule has 1 saturated carbocycles. The van der Waals surface area contributed by atoms with Crippen molar-refractivity contribution < 1.29 is 13.9 Å². The Hall–Kier alpha value is -2.16. The molecule has 1 saturated heterocycles. The van der Waals surface area contributed by atoms with Gasteiger partial charge < -0.3 is 20.1 Å². The first kappa shape index (κ1) is 21.7. The van der Waals surface area contributed by atoms with E-state index in [1.165, 1.54) is 19.2 Å². The second kappa shape index (κ2) is 9.00. The number of anilines is 2. The maximum atomic E-state index is 14.6. The monoisotopic (exact) mass is 520 g/mol. The molecule has 2 N–H and O–H groups in total. The van der Waals surface area contributed by atoms with Gasteiger partial charge in [-0.3, -0.25) is 0 Å². The summed E-state index contributed by atoms with van der Waals surface area (Å²) in [5.41, 5.74) is 0.896. The summed E-state index contributed by atoms with van der Waals surface area (Å²) >= 11 is 9.25. The van der Waals surface area contributed by atoms with E-state index in [-0.39, 0.29) is 10.7 Å². The normalized spacial score (nSPS) is 22.2. The molecule has 2 heterocycles. The first-order valence-electron chi connectivity index (χ1n) is 10.6. The number of aromatic nitrogens is 2. The van der Waals surface area contributed by atoms with Crippen molar-refractivity contribution in [1.29, 1.82) is 0 Å². The highest BCUT2D eigenvalue weighted by molar-refractivity contribution is 9.10. The molecule has 0 bridgehead atoms. The van der Waals surface area contributed by atoms with Gasteiger partial charge in [-0.1, -0.05) is 11.6 Å². The number of nitrogens with one attached hydrogen (secondary N) is 2. The maximum absolute atomic E-state index is 14.6. The van der Waals surface area contributed by atoms with E-state index in [2.05, 4.69) is 36.5 Å². The van der Waals surface area contributed by atoms with Gasteiger partial charge in [-0.15, -0.1) is 0 Å². The fourth-order valence-electron chi connectivity index (χ4n) is 4.82. The molecule has 1 aliphatic heterocycles. The van der Waals surface area contributed by atoms with E-state index >= 15 is 0 Å². The van der Waals surface area contributed by atoms with Gasteiger partial charge in [0.1, 0.15) is 12.1 Å². The highest BCUT2D eigenvalue weighted by atomic mass is 79.9. The number of benzene rings is 2. The first-order chi connectivity index (χ1) is 15.5. The summed E-state index contributed by atoms with van der Waals surface area (Å²) < 4.78 is 26.8. The average molecular weight is 522 g/mol. The predicted molar refractivity (Wildman–Crippen MR) is 127 cm³/mol. The van der Waals surface area contributed by atoms with E-state index in [1.807, 2.05) is 12.1 Å². The Morgan fingerprint density at radius 3 is 2.72 bits per heavy atom. The lowest BCUT2D eigenvalue weighted by Gasteiger charge is -2.17. The second-order valence-electron chi connectivity index (χ2n) is 8.42. The minimum atomic E-state index is -0.559. The van der Waals surface area contributed by atoms with Crippen LogP contribution in [0.5, 0.6) is 11.5 Å². The van der Waals surface area contributed by atoms with Crippen molar-refractivity contribution in [2.75, 3.05) is 32.1 Å². The molecular weight excluding hydrogens is 499 g/mol. The van der Waals surface area contributed by atoms with Gasteiger partial charge in [-0.05, 0) is 77.8 Å². The van der Waals surface area contributed by atoms with Crippen molar-refractivity contribution in [2.24, 2.45) is 17.8 Å². The van der Waals surface area contributed by atoms with Crippen LogP contribution < -0.4 is 20.1 Å². The molecule has 168 valence electrons. The summed E-state index contributed by atoms with van der Waals surface area (Å²) in [7, 11) is 1.60. The summed E-state index contributed by atoms with van der Waals surface area (Å²) in [6.07, 6.45) is 3.83. The van der Waals surface area contributed by atoms with Crippen molar-refractivity contribution in [2.45, 2.75) is 12.8 Å². The van der Waals surface area contributed by atoms with E-state index in [0.29, 0.717) is 45.2 Å². The third-order valence-corrected chi connectivity index (χ3v) is 7.69. The number of nitrogens with zero attached hydrogens (tertiary/aromatic N) is 2. The molecule has 0 amide bonds. The lowest BCUT2D eigenvalue weighted by atomic mass is 10.0. The molecule has 3 aromatic rings. The number of ether oxygens (including phenoxy) is 2. The van der Waals surface area contributed by atoms with Crippen molar-refractivity contribution >= 4 is 49.9 Å². The Labute approximate surface area is 199 Å². The Balaban J connectivity index is 1.39. The molecule has 32 heavy (non-hydrogen) atoms. The summed E-state index contributed by atoms with van der Waals surface area (Å²) in [6, 6.07) is 6.94. The minimum absolute atomic E-state index is 0.00784. The lowest BCUT2D eigenvalue weighted by Crippen LogP contribution is -2.15. The number of rotatable bonds is 6. The van der Waals surface area contributed by atoms with Crippen LogP contribution in [0.2, 0.25) is 5.02 Å². The predicted octanol–water partition coefficient (Wildman–Crippen LogP) is 5.56. The standard InChI is InChI=1S/C23H23BrClFN4O2/c1-31-19-6-15-18(7-20(19)32-10-12-4-13-8-27-9-14(13)5-12)28-11-29-23(15)30-17-3-2-16(24)21(25)22(17)26/h2-3,6-7,11-14,27H,4-5,8-10H2,1H3,(H,28,29,30)/t12?,13-,14+. The first-order valence-corrected chi connectivity index (χ1v) is 11.8. The number of fused-ring (bicyclic) bond motifs is 2. The number of hydrogen-bond donors (Lipinski definition) is 2. The van der Waals surface area contributed by atoms with Gasteiger partial charge in [0.15, 0.2) is 17.3 Å². The molecule has 3 atom stereocenters. The number of methoxy groups -OCH3 is 1. The Morgan fingerprint density at radius 2 is 1.97 bits per heavy atom. The maximum Gasteiger partial charge on any atom is 0.166 e. The Kier molecular flexibility index (Phi) is 6.09. The van der Waals surface area contributed by atoms with E-state index in [4.69, 9.17) is 21.1 Å². The molecular formula is C23H23BrClFN4O2. The average Bonchev–Trinajstić information content (AvgIpc) is 3.39. The van der Waals surface area contributed by atoms with Crippen molar-refractivity contribution in [3.63, 3.8) is 0 Å². The molecule has 9 heteroatoms. The zero-order valence-electron chi connectivity index (χ0n) is 17.5. The van der Waals surface area contributed by atoms with Crippen LogP contribution in [0.1, 0.15) is 12.8 Å². The van der Waals surface area contributed by atoms with Crippen LogP contribution in [0.4, 0.5) is 15.9 Å². The van der Waals surface area contributed by atoms with Gasteiger partial charge in [-0.25, -0.2) is 14.4 Å². The molecule has 0 spiro atoms. The van der Waals surface area contributed by atoms with Crippen LogP contribution in [0.3, 0.4) is 0 Å². The van der Waals surface area contributed by atoms with Crippen LogP contribution in [0.15, 0.2) is 35.1 Å². The molecule has 2 aromatic carbocycles. The lowest BCUT2D eigenvalue weighted by molar-refractivity contribution is 0.234. The topological polar surface area (TPSA) is 68.3 Å². The molecule has 1 unspecified atom stereocenters. The Bertz CT molecular complexity index is 1150. The number of halogens is 3. The molecule has 6 nitrogen and oxygen atoms in total. The highest BCUT2D eigenvalue weighted by Crippen LogP contribution is 2.40. The van der Waals surface area contributed by atoms with Crippen molar-refractivity contribution in [3.05, 3.63) is 45.9 Å². The third kappa shape index (κ3) is 4.11. The highest BCUT2D eigenvalue weighted by Gasteiger charge is 2.37. The summed E-state index contributed by atoms with van der Waals surface area (Å²) in [4.78, 5) is 8.67. The molecule has 2 fully saturated rings. The second-order valence-corrected chi connectivity index (χ2v) is 9.65. The number of hydrogen-bond acceptors (Lipinski definition) is 6. The smallest absolute Gasteiger partial charge is 0.166 e. The van der Waals surface area contributed by atoms with Gasteiger partial charge in [0.05, 0.1) is 29.9 Å². The molecule has 1 aliphatic carbocycles. The van der Waals surface area contributed by atoms with Crippen LogP contribution in [-0.4, -0.2) is 36.8 Å². The fourth-order valence-corrected chi connectivity index (χ4v) is 5.29. The zero-order valence-corrected chi connectivity index (χ0v) is 19.8. The van der Waals surface area contributed by atoms with Crippen LogP contribution in [-0.2, 0) is 0 Å². The molecule has 2 aliphatic rings. The quantitative estimate of drug-likeness (QED) is 0.414. The van der Waals surface area contributed by atoms with Gasteiger partial charge in [0.25, 0.3) is 0 Å². The third-order valence-electron chi connectivity index (χ3n) is 6.44. The minimum Gasteiger partial charge on any atom is -0.493 e. The fraction of sp³-hybridized carbons (Fsp3) is 0.391. The molecule has 5 rings (SSSR count). The van der Waals surface area contributed by atoms with Gasteiger partial charge in [-0.2, -0.15) is 0 Å². The zero-order chi connectivity index (χ0) is 22.2. The summed E-state index contributed by atoms with van der Waals surface area (Å²) in [5, 5.41) is 7.19. The van der Waals surface area contributed by atoms with Gasteiger partial charge in [0.2, 0.25) is 0 Å².